The van der Waals surface area contributed by atoms with Gasteiger partial charge in [-0.3, -0.25) is 9.78 Å². The molecular formula is C34H35FN6O2. The van der Waals surface area contributed by atoms with Gasteiger partial charge in [0.2, 0.25) is 11.8 Å². The molecule has 9 heteroatoms. The lowest BCUT2D eigenvalue weighted by atomic mass is 9.41. The molecule has 0 aliphatic heterocycles. The van der Waals surface area contributed by atoms with Crippen LogP contribution in [-0.4, -0.2) is 43.0 Å². The van der Waals surface area contributed by atoms with Crippen molar-refractivity contribution in [1.29, 1.82) is 0 Å². The number of rotatable bonds is 8. The molecule has 4 aromatic rings. The van der Waals surface area contributed by atoms with Crippen molar-refractivity contribution in [2.24, 2.45) is 10.8 Å². The third-order valence-electron chi connectivity index (χ3n) is 11.4. The molecule has 7 fully saturated rings. The summed E-state index contributed by atoms with van der Waals surface area (Å²) in [6.07, 6.45) is 16.9. The minimum atomic E-state index is -1.12. The lowest BCUT2D eigenvalue weighted by Gasteiger charge is -2.65. The van der Waals surface area contributed by atoms with E-state index < -0.39 is 11.1 Å². The van der Waals surface area contributed by atoms with Crippen LogP contribution < -0.4 is 4.90 Å². The maximum atomic E-state index is 14.6. The van der Waals surface area contributed by atoms with E-state index in [1.807, 2.05) is 46.2 Å². The lowest BCUT2D eigenvalue weighted by Crippen LogP contribution is -2.71. The number of anilines is 1. The minimum Gasteiger partial charge on any atom is -0.339 e. The Labute approximate surface area is 249 Å². The number of amides is 1. The number of pyridine rings is 1. The second-order valence-corrected chi connectivity index (χ2v) is 14.3. The molecule has 0 atom stereocenters. The van der Waals surface area contributed by atoms with E-state index in [-0.39, 0.29) is 16.7 Å². The maximum Gasteiger partial charge on any atom is 0.233 e. The number of nitrogens with zero attached hydrogens (tertiary/aromatic N) is 6. The van der Waals surface area contributed by atoms with Crippen LogP contribution in [0.3, 0.4) is 0 Å². The van der Waals surface area contributed by atoms with Crippen LogP contribution >= 0.6 is 0 Å². The Morgan fingerprint density at radius 2 is 1.79 bits per heavy atom. The van der Waals surface area contributed by atoms with Gasteiger partial charge in [0.25, 0.3) is 0 Å². The lowest BCUT2D eigenvalue weighted by molar-refractivity contribution is -0.211. The molecule has 3 heterocycles. The van der Waals surface area contributed by atoms with E-state index in [9.17, 15) is 9.18 Å². The second kappa shape index (κ2) is 8.83. The first kappa shape index (κ1) is 25.6. The fourth-order valence-electron chi connectivity index (χ4n) is 8.53. The summed E-state index contributed by atoms with van der Waals surface area (Å²) in [4.78, 5) is 25.4. The summed E-state index contributed by atoms with van der Waals surface area (Å²) < 4.78 is 22.3. The maximum absolute atomic E-state index is 14.6. The Morgan fingerprint density at radius 3 is 2.49 bits per heavy atom. The fraction of sp³-hybridized carbons (Fsp3) is 0.500. The van der Waals surface area contributed by atoms with Gasteiger partial charge in [-0.15, -0.1) is 0 Å². The third kappa shape index (κ3) is 4.03. The van der Waals surface area contributed by atoms with Gasteiger partial charge in [-0.25, -0.2) is 9.07 Å². The van der Waals surface area contributed by atoms with Crippen molar-refractivity contribution in [3.63, 3.8) is 0 Å². The Bertz CT molecular complexity index is 1680. The second-order valence-electron chi connectivity index (χ2n) is 14.3. The van der Waals surface area contributed by atoms with E-state index in [0.29, 0.717) is 31.7 Å². The van der Waals surface area contributed by atoms with E-state index in [1.54, 1.807) is 12.4 Å². The summed E-state index contributed by atoms with van der Waals surface area (Å²) in [5.74, 6) is 2.30. The number of hydrogen-bond donors (Lipinski definition) is 0. The average molecular weight is 579 g/mol. The van der Waals surface area contributed by atoms with Crippen molar-refractivity contribution >= 4 is 11.6 Å². The summed E-state index contributed by atoms with van der Waals surface area (Å²) in [5, 5.41) is 8.87. The zero-order valence-electron chi connectivity index (χ0n) is 24.2. The van der Waals surface area contributed by atoms with E-state index in [1.165, 1.54) is 0 Å². The highest BCUT2D eigenvalue weighted by Crippen LogP contribution is 2.70. The van der Waals surface area contributed by atoms with Gasteiger partial charge in [0.1, 0.15) is 5.67 Å². The molecule has 8 nitrogen and oxygen atoms in total. The molecule has 0 spiro atoms. The normalized spacial score (nSPS) is 32.2. The van der Waals surface area contributed by atoms with Gasteiger partial charge in [0, 0.05) is 41.5 Å². The molecule has 220 valence electrons. The predicted molar refractivity (Wildman–Crippen MR) is 157 cm³/mol. The van der Waals surface area contributed by atoms with Crippen LogP contribution in [0.25, 0.3) is 16.8 Å². The third-order valence-corrected chi connectivity index (χ3v) is 11.4. The van der Waals surface area contributed by atoms with E-state index in [4.69, 9.17) is 9.51 Å². The zero-order chi connectivity index (χ0) is 28.9. The van der Waals surface area contributed by atoms with Gasteiger partial charge in [-0.05, 0) is 106 Å². The van der Waals surface area contributed by atoms with Crippen molar-refractivity contribution in [3.8, 4) is 16.8 Å². The van der Waals surface area contributed by atoms with Crippen LogP contribution in [0.15, 0.2) is 65.7 Å². The van der Waals surface area contributed by atoms with Gasteiger partial charge in [0.05, 0.1) is 23.5 Å². The molecule has 0 unspecified atom stereocenters. The highest BCUT2D eigenvalue weighted by molar-refractivity contribution is 6.00. The van der Waals surface area contributed by atoms with Crippen molar-refractivity contribution in [2.45, 2.75) is 87.6 Å². The molecule has 4 bridgehead atoms. The molecule has 7 aliphatic rings. The molecular weight excluding hydrogens is 543 g/mol. The molecule has 7 aliphatic carbocycles. The topological polar surface area (TPSA) is 89.9 Å². The van der Waals surface area contributed by atoms with Crippen LogP contribution in [0, 0.1) is 10.8 Å². The number of fused-ring (bicyclic) bond motifs is 3. The van der Waals surface area contributed by atoms with E-state index in [0.717, 1.165) is 85.6 Å². The molecule has 7 saturated carbocycles. The van der Waals surface area contributed by atoms with Crippen molar-refractivity contribution < 1.29 is 13.7 Å². The number of hydrogen-bond acceptors (Lipinski definition) is 6. The number of benzene rings is 1. The van der Waals surface area contributed by atoms with Crippen LogP contribution in [0.1, 0.15) is 88.3 Å². The number of alkyl halides is 1. The molecule has 0 saturated heterocycles. The Kier molecular flexibility index (Phi) is 5.26. The first-order valence-electron chi connectivity index (χ1n) is 15.8. The summed E-state index contributed by atoms with van der Waals surface area (Å²) in [7, 11) is 0. The summed E-state index contributed by atoms with van der Waals surface area (Å²) >= 11 is 0. The van der Waals surface area contributed by atoms with Crippen LogP contribution in [0.4, 0.5) is 10.1 Å². The minimum absolute atomic E-state index is 0.0282. The standard InChI is InChI=1S/C34H35FN6O2/c35-34-19-33(20-34,21-34)30(42)40(26-4-1-3-24(15-26)25-16-37-41(18-25)27-5-2-14-36-17-27)22-31-8-11-32(12-9-31,13-10-31)29-38-28(39-43-29)23-6-7-23/h1-5,14-18,23H,6-13,19-22H2. The SMILES string of the molecule is O=C(N(CC12CCC(c3nc(C4CC4)no3)(CC1)CC2)c1cccc(-c2cnn(-c3cccnc3)c2)c1)C12CC(F)(C1)C2. The number of carbonyl (C=O) groups is 1. The predicted octanol–water partition coefficient (Wildman–Crippen LogP) is 6.71. The summed E-state index contributed by atoms with van der Waals surface area (Å²) in [6, 6.07) is 12.1. The summed E-state index contributed by atoms with van der Waals surface area (Å²) in [5.41, 5.74) is 2.08. The van der Waals surface area contributed by atoms with Crippen LogP contribution in [0.5, 0.6) is 0 Å². The zero-order valence-corrected chi connectivity index (χ0v) is 24.2. The molecule has 1 aromatic carbocycles. The summed E-state index contributed by atoms with van der Waals surface area (Å²) in [6.45, 7) is 0.665. The van der Waals surface area contributed by atoms with Gasteiger partial charge in [0.15, 0.2) is 5.82 Å². The number of carbonyl (C=O) groups excluding carboxylic acids is 1. The average Bonchev–Trinajstić information content (AvgIpc) is 3.52. The Hall–Kier alpha value is -3.88. The van der Waals surface area contributed by atoms with Gasteiger partial charge in [-0.2, -0.15) is 10.1 Å². The Morgan fingerprint density at radius 1 is 1.00 bits per heavy atom. The molecule has 11 rings (SSSR count). The van der Waals surface area contributed by atoms with E-state index >= 15 is 0 Å². The van der Waals surface area contributed by atoms with Crippen molar-refractivity contribution in [2.75, 3.05) is 11.4 Å². The molecule has 3 aromatic heterocycles. The largest absolute Gasteiger partial charge is 0.339 e. The van der Waals surface area contributed by atoms with Gasteiger partial charge < -0.3 is 9.42 Å². The quantitative estimate of drug-likeness (QED) is 0.231. The fourth-order valence-corrected chi connectivity index (χ4v) is 8.53. The Balaban J connectivity index is 0.998. The molecule has 0 N–H and O–H groups in total. The molecule has 0 radical (unpaired) electrons. The number of aromatic nitrogens is 5. The van der Waals surface area contributed by atoms with Crippen molar-refractivity contribution in [3.05, 3.63) is 72.9 Å². The van der Waals surface area contributed by atoms with E-state index in [2.05, 4.69) is 27.4 Å². The molecule has 43 heavy (non-hydrogen) atoms. The van der Waals surface area contributed by atoms with Gasteiger partial charge >= 0.3 is 0 Å². The van der Waals surface area contributed by atoms with Crippen LogP contribution in [0.2, 0.25) is 0 Å². The monoisotopic (exact) mass is 578 g/mol. The van der Waals surface area contributed by atoms with Gasteiger partial charge in [-0.1, -0.05) is 17.3 Å². The first-order valence-corrected chi connectivity index (χ1v) is 15.8. The highest BCUT2D eigenvalue weighted by Gasteiger charge is 2.73. The first-order chi connectivity index (χ1) is 20.9. The van der Waals surface area contributed by atoms with Crippen molar-refractivity contribution in [1.82, 2.24) is 24.9 Å². The van der Waals surface area contributed by atoms with Crippen LogP contribution in [-0.2, 0) is 10.2 Å². The highest BCUT2D eigenvalue weighted by atomic mass is 19.1. The number of halogens is 1. The smallest absolute Gasteiger partial charge is 0.233 e. The molecule has 1 amide bonds.